The second-order valence-electron chi connectivity index (χ2n) is 9.77. The van der Waals surface area contributed by atoms with E-state index in [1.807, 2.05) is 6.08 Å². The number of fused-ring (bicyclic) bond motifs is 5. The summed E-state index contributed by atoms with van der Waals surface area (Å²) >= 11 is 2.10. The van der Waals surface area contributed by atoms with E-state index in [-0.39, 0.29) is 0 Å². The van der Waals surface area contributed by atoms with Crippen LogP contribution in [0.25, 0.3) is 0 Å². The second-order valence-corrected chi connectivity index (χ2v) is 11.0. The minimum atomic E-state index is 0.405. The molecule has 1 heterocycles. The van der Waals surface area contributed by atoms with Crippen molar-refractivity contribution in [1.29, 1.82) is 0 Å². The Morgan fingerprint density at radius 1 is 1.04 bits per heavy atom. The van der Waals surface area contributed by atoms with Crippen molar-refractivity contribution in [1.82, 2.24) is 0 Å². The van der Waals surface area contributed by atoms with Gasteiger partial charge in [-0.3, -0.25) is 0 Å². The highest BCUT2D eigenvalue weighted by Gasteiger charge is 2.61. The summed E-state index contributed by atoms with van der Waals surface area (Å²) in [4.78, 5) is 0. The molecule has 1 saturated heterocycles. The average molecular weight is 333 g/mol. The minimum absolute atomic E-state index is 0.405. The van der Waals surface area contributed by atoms with Gasteiger partial charge in [-0.25, -0.2) is 0 Å². The van der Waals surface area contributed by atoms with Crippen molar-refractivity contribution in [3.63, 3.8) is 0 Å². The molecule has 4 aliphatic rings. The Labute approximate surface area is 146 Å². The predicted molar refractivity (Wildman–Crippen MR) is 99.6 cm³/mol. The van der Waals surface area contributed by atoms with E-state index in [9.17, 15) is 5.11 Å². The van der Waals surface area contributed by atoms with E-state index in [0.29, 0.717) is 33.2 Å². The molecule has 0 amide bonds. The molecule has 4 rings (SSSR count). The summed E-state index contributed by atoms with van der Waals surface area (Å²) in [5.41, 5.74) is 1.42. The van der Waals surface area contributed by atoms with Crippen molar-refractivity contribution >= 4 is 11.8 Å². The molecule has 1 N–H and O–H groups in total. The van der Waals surface area contributed by atoms with Gasteiger partial charge in [-0.2, -0.15) is 11.8 Å². The van der Waals surface area contributed by atoms with Crippen molar-refractivity contribution in [3.05, 3.63) is 24.0 Å². The maximum absolute atomic E-state index is 9.90. The van der Waals surface area contributed by atoms with Crippen molar-refractivity contribution in [3.8, 4) is 0 Å². The molecule has 0 radical (unpaired) electrons. The zero-order chi connectivity index (χ0) is 16.5. The molecule has 0 aromatic rings. The van der Waals surface area contributed by atoms with Crippen LogP contribution in [-0.4, -0.2) is 16.1 Å². The van der Waals surface area contributed by atoms with Gasteiger partial charge in [0.05, 0.1) is 0 Å². The van der Waals surface area contributed by atoms with Crippen LogP contribution in [0.4, 0.5) is 0 Å². The van der Waals surface area contributed by atoms with Crippen molar-refractivity contribution in [2.45, 2.75) is 65.0 Å². The minimum Gasteiger partial charge on any atom is -0.508 e. The van der Waals surface area contributed by atoms with Crippen LogP contribution in [0.5, 0.6) is 0 Å². The largest absolute Gasteiger partial charge is 0.508 e. The SMILES string of the molecule is CC1(C)CCC[C@]2(C)[C@H]3CSC4C=C(O)C=CC4[C@]3(C)CC[C@@H]12. The molecule has 3 fully saturated rings. The molecule has 2 saturated carbocycles. The van der Waals surface area contributed by atoms with Gasteiger partial charge >= 0.3 is 0 Å². The predicted octanol–water partition coefficient (Wildman–Crippen LogP) is 5.98. The molecule has 0 bridgehead atoms. The average Bonchev–Trinajstić information content (AvgIpc) is 2.45. The van der Waals surface area contributed by atoms with Gasteiger partial charge in [-0.05, 0) is 77.6 Å². The molecular weight excluding hydrogens is 300 g/mol. The number of hydrogen-bond donors (Lipinski definition) is 1. The second kappa shape index (κ2) is 5.07. The lowest BCUT2D eigenvalue weighted by molar-refractivity contribution is -0.134. The summed E-state index contributed by atoms with van der Waals surface area (Å²) < 4.78 is 0. The normalized spacial score (nSPS) is 51.2. The zero-order valence-electron chi connectivity index (χ0n) is 15.1. The highest BCUT2D eigenvalue weighted by molar-refractivity contribution is 8.00. The first kappa shape index (κ1) is 16.1. The molecule has 6 atom stereocenters. The van der Waals surface area contributed by atoms with Crippen LogP contribution in [-0.2, 0) is 0 Å². The fraction of sp³-hybridized carbons (Fsp3) is 0.810. The molecule has 0 spiro atoms. The monoisotopic (exact) mass is 332 g/mol. The van der Waals surface area contributed by atoms with Gasteiger partial charge in [0.2, 0.25) is 0 Å². The van der Waals surface area contributed by atoms with Gasteiger partial charge in [0.15, 0.2) is 0 Å². The van der Waals surface area contributed by atoms with Crippen LogP contribution in [0.3, 0.4) is 0 Å². The Bertz CT molecular complexity index is 562. The van der Waals surface area contributed by atoms with E-state index < -0.39 is 0 Å². The Hall–Kier alpha value is -0.370. The molecular formula is C21H32OS. The topological polar surface area (TPSA) is 20.2 Å². The summed E-state index contributed by atoms with van der Waals surface area (Å²) in [5.74, 6) is 4.05. The number of allylic oxidation sites excluding steroid dienone is 2. The first-order chi connectivity index (χ1) is 10.8. The van der Waals surface area contributed by atoms with E-state index in [1.165, 1.54) is 37.9 Å². The molecule has 1 aliphatic heterocycles. The molecule has 3 aliphatic carbocycles. The summed E-state index contributed by atoms with van der Waals surface area (Å²) in [6.07, 6.45) is 13.4. The zero-order valence-corrected chi connectivity index (χ0v) is 16.0. The van der Waals surface area contributed by atoms with E-state index in [2.05, 4.69) is 51.6 Å². The lowest BCUT2D eigenvalue weighted by Gasteiger charge is -2.66. The molecule has 23 heavy (non-hydrogen) atoms. The summed E-state index contributed by atoms with van der Waals surface area (Å²) in [7, 11) is 0. The Morgan fingerprint density at radius 2 is 1.83 bits per heavy atom. The highest BCUT2D eigenvalue weighted by Crippen LogP contribution is 2.69. The highest BCUT2D eigenvalue weighted by atomic mass is 32.2. The summed E-state index contributed by atoms with van der Waals surface area (Å²) in [6.45, 7) is 10.2. The fourth-order valence-electron chi connectivity index (χ4n) is 7.06. The molecule has 128 valence electrons. The number of aliphatic hydroxyl groups is 1. The maximum atomic E-state index is 9.90. The first-order valence-electron chi connectivity index (χ1n) is 9.48. The molecule has 1 nitrogen and oxygen atoms in total. The molecule has 0 aromatic carbocycles. The van der Waals surface area contributed by atoms with E-state index in [4.69, 9.17) is 0 Å². The molecule has 0 aromatic heterocycles. The van der Waals surface area contributed by atoms with Gasteiger partial charge in [-0.1, -0.05) is 40.2 Å². The van der Waals surface area contributed by atoms with Gasteiger partial charge in [0, 0.05) is 5.25 Å². The third-order valence-electron chi connectivity index (χ3n) is 8.22. The van der Waals surface area contributed by atoms with Crippen LogP contribution in [0.15, 0.2) is 24.0 Å². The van der Waals surface area contributed by atoms with E-state index >= 15 is 0 Å². The van der Waals surface area contributed by atoms with Crippen molar-refractivity contribution in [2.24, 2.45) is 34.0 Å². The molecule has 2 unspecified atom stereocenters. The first-order valence-corrected chi connectivity index (χ1v) is 10.5. The van der Waals surface area contributed by atoms with Crippen LogP contribution in [0.1, 0.15) is 59.8 Å². The van der Waals surface area contributed by atoms with Gasteiger partial charge in [0.1, 0.15) is 5.76 Å². The third kappa shape index (κ3) is 2.19. The van der Waals surface area contributed by atoms with Crippen LogP contribution < -0.4 is 0 Å². The fourth-order valence-corrected chi connectivity index (χ4v) is 9.08. The van der Waals surface area contributed by atoms with Crippen molar-refractivity contribution in [2.75, 3.05) is 5.75 Å². The number of hydrogen-bond acceptors (Lipinski definition) is 2. The quantitative estimate of drug-likeness (QED) is 0.589. The van der Waals surface area contributed by atoms with Gasteiger partial charge in [0.25, 0.3) is 0 Å². The van der Waals surface area contributed by atoms with Crippen molar-refractivity contribution < 1.29 is 5.11 Å². The Kier molecular flexibility index (Phi) is 3.55. The van der Waals surface area contributed by atoms with E-state index in [1.54, 1.807) is 0 Å². The summed E-state index contributed by atoms with van der Waals surface area (Å²) in [6, 6.07) is 0. The Balaban J connectivity index is 1.72. The van der Waals surface area contributed by atoms with Crippen LogP contribution >= 0.6 is 11.8 Å². The molecule has 2 heteroatoms. The third-order valence-corrected chi connectivity index (χ3v) is 9.56. The number of aliphatic hydroxyl groups excluding tert-OH is 1. The standard InChI is InChI=1S/C21H32OS/c1-19(2)9-5-10-21(4)17(19)8-11-20(3)15-7-6-14(22)12-16(15)23-13-18(20)21/h6-7,12,15-18,22H,5,8-11,13H2,1-4H3/t15?,16?,17-,18-,20-,21-/m0/s1. The lowest BCUT2D eigenvalue weighted by atomic mass is 9.41. The van der Waals surface area contributed by atoms with Crippen LogP contribution in [0.2, 0.25) is 0 Å². The van der Waals surface area contributed by atoms with Gasteiger partial charge < -0.3 is 5.11 Å². The van der Waals surface area contributed by atoms with Gasteiger partial charge in [-0.15, -0.1) is 0 Å². The van der Waals surface area contributed by atoms with E-state index in [0.717, 1.165) is 11.8 Å². The smallest absolute Gasteiger partial charge is 0.112 e. The summed E-state index contributed by atoms with van der Waals surface area (Å²) in [5, 5.41) is 10.4. The Morgan fingerprint density at radius 3 is 2.61 bits per heavy atom. The van der Waals surface area contributed by atoms with Crippen LogP contribution in [0, 0.1) is 34.0 Å². The lowest BCUT2D eigenvalue weighted by Crippen LogP contribution is -2.60. The number of rotatable bonds is 0. The number of thioether (sulfide) groups is 1. The maximum Gasteiger partial charge on any atom is 0.112 e.